The van der Waals surface area contributed by atoms with Crippen molar-refractivity contribution in [1.29, 1.82) is 0 Å². The molecule has 1 saturated carbocycles. The van der Waals surface area contributed by atoms with Crippen LogP contribution in [0.5, 0.6) is 0 Å². The van der Waals surface area contributed by atoms with Gasteiger partial charge in [-0.25, -0.2) is 0 Å². The van der Waals surface area contributed by atoms with Crippen LogP contribution in [0.4, 0.5) is 0 Å². The molecule has 3 nitrogen and oxygen atoms in total. The fraction of sp³-hybridized carbons (Fsp3) is 0.500. The second kappa shape index (κ2) is 6.80. The number of hydrogen-bond acceptors (Lipinski definition) is 2. The van der Waals surface area contributed by atoms with Gasteiger partial charge in [-0.1, -0.05) is 43.3 Å². The fourth-order valence-corrected chi connectivity index (χ4v) is 4.08. The molecule has 0 radical (unpaired) electrons. The first kappa shape index (κ1) is 16.6. The van der Waals surface area contributed by atoms with Crippen LogP contribution in [-0.2, 0) is 4.79 Å². The van der Waals surface area contributed by atoms with Gasteiger partial charge < -0.3 is 10.2 Å². The molecule has 132 valence electrons. The maximum atomic E-state index is 12.3. The number of hydrogen-bond donors (Lipinski definition) is 1. The lowest BCUT2D eigenvalue weighted by atomic mass is 9.92. The number of nitrogens with one attached hydrogen (secondary N) is 1. The minimum absolute atomic E-state index is 0.322. The second-order valence-corrected chi connectivity index (χ2v) is 7.93. The summed E-state index contributed by atoms with van der Waals surface area (Å²) in [6.07, 6.45) is 3.26. The van der Waals surface area contributed by atoms with E-state index < -0.39 is 0 Å². The largest absolute Gasteiger partial charge is 0.342 e. The molecule has 1 aliphatic heterocycles. The van der Waals surface area contributed by atoms with Crippen LogP contribution in [0, 0.1) is 11.8 Å². The zero-order chi connectivity index (χ0) is 17.4. The Balaban J connectivity index is 1.39. The van der Waals surface area contributed by atoms with Gasteiger partial charge in [0, 0.05) is 31.1 Å². The summed E-state index contributed by atoms with van der Waals surface area (Å²) in [5.74, 6) is 1.24. The van der Waals surface area contributed by atoms with E-state index in [4.69, 9.17) is 0 Å². The molecule has 0 aromatic heterocycles. The molecule has 1 heterocycles. The van der Waals surface area contributed by atoms with Crippen LogP contribution in [0.2, 0.25) is 0 Å². The van der Waals surface area contributed by atoms with Crippen molar-refractivity contribution in [2.75, 3.05) is 13.1 Å². The molecule has 2 aliphatic rings. The Morgan fingerprint density at radius 1 is 1.12 bits per heavy atom. The average Bonchev–Trinajstić information content (AvgIpc) is 3.47. The maximum Gasteiger partial charge on any atom is 0.225 e. The molecule has 25 heavy (non-hydrogen) atoms. The highest BCUT2D eigenvalue weighted by Crippen LogP contribution is 2.33. The van der Waals surface area contributed by atoms with E-state index in [-0.39, 0.29) is 0 Å². The summed E-state index contributed by atoms with van der Waals surface area (Å²) in [6, 6.07) is 16.1. The Morgan fingerprint density at radius 3 is 2.60 bits per heavy atom. The van der Waals surface area contributed by atoms with E-state index in [1.807, 2.05) is 0 Å². The average molecular weight is 336 g/mol. The van der Waals surface area contributed by atoms with Gasteiger partial charge in [0.25, 0.3) is 0 Å². The summed E-state index contributed by atoms with van der Waals surface area (Å²) in [7, 11) is 0. The number of carbonyl (C=O) groups excluding carboxylic acids is 1. The van der Waals surface area contributed by atoms with Crippen LogP contribution in [0.15, 0.2) is 42.5 Å². The van der Waals surface area contributed by atoms with E-state index in [1.54, 1.807) is 0 Å². The first-order chi connectivity index (χ1) is 12.1. The van der Waals surface area contributed by atoms with E-state index in [2.05, 4.69) is 66.5 Å². The van der Waals surface area contributed by atoms with E-state index in [0.29, 0.717) is 29.8 Å². The monoisotopic (exact) mass is 336 g/mol. The third-order valence-electron chi connectivity index (χ3n) is 5.88. The number of benzene rings is 2. The Labute approximate surface area is 150 Å². The predicted octanol–water partition coefficient (Wildman–Crippen LogP) is 4.14. The Hall–Kier alpha value is -1.87. The van der Waals surface area contributed by atoms with Crippen molar-refractivity contribution in [1.82, 2.24) is 10.2 Å². The molecular formula is C22H28N2O. The first-order valence-electron chi connectivity index (χ1n) is 9.65. The minimum Gasteiger partial charge on any atom is -0.342 e. The Bertz CT molecular complexity index is 767. The predicted molar refractivity (Wildman–Crippen MR) is 102 cm³/mol. The molecule has 2 aromatic rings. The molecule has 1 aliphatic carbocycles. The minimum atomic E-state index is 0.322. The molecule has 4 rings (SSSR count). The van der Waals surface area contributed by atoms with Gasteiger partial charge in [0.15, 0.2) is 0 Å². The van der Waals surface area contributed by atoms with Crippen molar-refractivity contribution in [2.24, 2.45) is 11.8 Å². The normalized spacial score (nSPS) is 25.1. The van der Waals surface area contributed by atoms with Gasteiger partial charge in [-0.15, -0.1) is 0 Å². The van der Waals surface area contributed by atoms with Crippen LogP contribution in [-0.4, -0.2) is 29.9 Å². The summed E-state index contributed by atoms with van der Waals surface area (Å²) in [4.78, 5) is 14.4. The summed E-state index contributed by atoms with van der Waals surface area (Å²) in [5, 5.41) is 6.40. The molecular weight excluding hydrogens is 308 g/mol. The Kier molecular flexibility index (Phi) is 4.51. The summed E-state index contributed by atoms with van der Waals surface area (Å²) in [5.41, 5.74) is 1.34. The maximum absolute atomic E-state index is 12.3. The van der Waals surface area contributed by atoms with E-state index >= 15 is 0 Å². The molecule has 0 unspecified atom stereocenters. The van der Waals surface area contributed by atoms with Gasteiger partial charge in [0.1, 0.15) is 0 Å². The van der Waals surface area contributed by atoms with E-state index in [1.165, 1.54) is 16.3 Å². The standard InChI is InChI=1S/C22H28N2O/c1-15-14-24(22(25)18-8-9-18)12-11-21(15)23-16(2)19-10-7-17-5-3-4-6-20(17)13-19/h3-7,10,13,15-16,18,21,23H,8-9,11-12,14H2,1-2H3/t15-,16+,21+/m1/s1. The number of carbonyl (C=O) groups is 1. The van der Waals surface area contributed by atoms with E-state index in [9.17, 15) is 4.79 Å². The molecule has 2 aromatic carbocycles. The van der Waals surface area contributed by atoms with Crippen LogP contribution in [0.25, 0.3) is 10.8 Å². The lowest BCUT2D eigenvalue weighted by molar-refractivity contribution is -0.134. The van der Waals surface area contributed by atoms with Gasteiger partial charge in [0.2, 0.25) is 5.91 Å². The van der Waals surface area contributed by atoms with Gasteiger partial charge in [-0.3, -0.25) is 4.79 Å². The van der Waals surface area contributed by atoms with Crippen molar-refractivity contribution in [3.63, 3.8) is 0 Å². The third kappa shape index (κ3) is 3.57. The molecule has 3 heteroatoms. The van der Waals surface area contributed by atoms with Crippen molar-refractivity contribution >= 4 is 16.7 Å². The zero-order valence-electron chi connectivity index (χ0n) is 15.2. The highest BCUT2D eigenvalue weighted by Gasteiger charge is 2.37. The lowest BCUT2D eigenvalue weighted by Gasteiger charge is -2.39. The second-order valence-electron chi connectivity index (χ2n) is 7.93. The number of rotatable bonds is 4. The van der Waals surface area contributed by atoms with Crippen LogP contribution in [0.3, 0.4) is 0 Å². The SMILES string of the molecule is C[C@H](N[C@H]1CCN(C(=O)C2CC2)C[C@H]1C)c1ccc2ccccc2c1. The van der Waals surface area contributed by atoms with Gasteiger partial charge in [-0.2, -0.15) is 0 Å². The van der Waals surface area contributed by atoms with Gasteiger partial charge in [-0.05, 0) is 54.5 Å². The first-order valence-corrected chi connectivity index (χ1v) is 9.65. The molecule has 0 spiro atoms. The number of nitrogens with zero attached hydrogens (tertiary/aromatic N) is 1. The van der Waals surface area contributed by atoms with Crippen molar-refractivity contribution < 1.29 is 4.79 Å². The number of piperidine rings is 1. The molecule has 3 atom stereocenters. The topological polar surface area (TPSA) is 32.3 Å². The number of amides is 1. The van der Waals surface area contributed by atoms with Crippen molar-refractivity contribution in [3.8, 4) is 0 Å². The summed E-state index contributed by atoms with van der Waals surface area (Å²) >= 11 is 0. The molecule has 0 bridgehead atoms. The van der Waals surface area contributed by atoms with Crippen LogP contribution in [0.1, 0.15) is 44.7 Å². The lowest BCUT2D eigenvalue weighted by Crippen LogP contribution is -2.50. The van der Waals surface area contributed by atoms with Crippen molar-refractivity contribution in [3.05, 3.63) is 48.0 Å². The molecule has 2 fully saturated rings. The quantitative estimate of drug-likeness (QED) is 0.910. The van der Waals surface area contributed by atoms with E-state index in [0.717, 1.165) is 32.4 Å². The number of likely N-dealkylation sites (tertiary alicyclic amines) is 1. The summed E-state index contributed by atoms with van der Waals surface area (Å²) < 4.78 is 0. The zero-order valence-corrected chi connectivity index (χ0v) is 15.2. The molecule has 1 N–H and O–H groups in total. The van der Waals surface area contributed by atoms with Crippen LogP contribution < -0.4 is 5.32 Å². The highest BCUT2D eigenvalue weighted by atomic mass is 16.2. The van der Waals surface area contributed by atoms with Gasteiger partial charge >= 0.3 is 0 Å². The third-order valence-corrected chi connectivity index (χ3v) is 5.88. The highest BCUT2D eigenvalue weighted by molar-refractivity contribution is 5.83. The van der Waals surface area contributed by atoms with Crippen LogP contribution >= 0.6 is 0 Å². The van der Waals surface area contributed by atoms with Crippen molar-refractivity contribution in [2.45, 2.75) is 45.2 Å². The number of fused-ring (bicyclic) bond motifs is 1. The smallest absolute Gasteiger partial charge is 0.225 e. The molecule has 1 saturated heterocycles. The molecule has 1 amide bonds. The summed E-state index contributed by atoms with van der Waals surface area (Å²) in [6.45, 7) is 6.33. The Morgan fingerprint density at radius 2 is 1.88 bits per heavy atom. The van der Waals surface area contributed by atoms with Gasteiger partial charge in [0.05, 0.1) is 0 Å². The fourth-order valence-electron chi connectivity index (χ4n) is 4.08.